The molecular weight excluding hydrogens is 142 g/mol. The molecule has 0 aromatic carbocycles. The summed E-state index contributed by atoms with van der Waals surface area (Å²) < 4.78 is 5.07. The fourth-order valence-electron chi connectivity index (χ4n) is 0.663. The molecule has 0 aliphatic carbocycles. The standard InChI is InChI=1S/C8H17NO2/c1-3-5-8(10)9-7-11-6-4-2/h3-7H2,1-2H3,(H,9,10). The van der Waals surface area contributed by atoms with Crippen LogP contribution in [0.1, 0.15) is 33.1 Å². The Kier molecular flexibility index (Phi) is 7.15. The van der Waals surface area contributed by atoms with E-state index in [4.69, 9.17) is 4.74 Å². The van der Waals surface area contributed by atoms with Crippen LogP contribution in [0.15, 0.2) is 0 Å². The first-order valence-corrected chi connectivity index (χ1v) is 4.15. The SMILES string of the molecule is CCCOCNC(=O)CCC. The maximum Gasteiger partial charge on any atom is 0.221 e. The summed E-state index contributed by atoms with van der Waals surface area (Å²) in [5, 5.41) is 2.66. The van der Waals surface area contributed by atoms with Gasteiger partial charge in [-0.05, 0) is 12.8 Å². The Morgan fingerprint density at radius 1 is 1.36 bits per heavy atom. The van der Waals surface area contributed by atoms with Gasteiger partial charge in [0.25, 0.3) is 0 Å². The van der Waals surface area contributed by atoms with E-state index in [1.54, 1.807) is 0 Å². The van der Waals surface area contributed by atoms with Gasteiger partial charge in [0.2, 0.25) is 5.91 Å². The summed E-state index contributed by atoms with van der Waals surface area (Å²) >= 11 is 0. The van der Waals surface area contributed by atoms with Crippen LogP contribution in [0.5, 0.6) is 0 Å². The van der Waals surface area contributed by atoms with Gasteiger partial charge in [-0.15, -0.1) is 0 Å². The van der Waals surface area contributed by atoms with Crippen molar-refractivity contribution in [2.45, 2.75) is 33.1 Å². The lowest BCUT2D eigenvalue weighted by molar-refractivity contribution is -0.122. The van der Waals surface area contributed by atoms with E-state index < -0.39 is 0 Å². The summed E-state index contributed by atoms with van der Waals surface area (Å²) in [6.07, 6.45) is 2.47. The van der Waals surface area contributed by atoms with E-state index in [0.717, 1.165) is 12.8 Å². The lowest BCUT2D eigenvalue weighted by Gasteiger charge is -2.03. The summed E-state index contributed by atoms with van der Waals surface area (Å²) in [5.41, 5.74) is 0. The predicted octanol–water partition coefficient (Wildman–Crippen LogP) is 1.29. The highest BCUT2D eigenvalue weighted by Gasteiger charge is 1.95. The number of carbonyl (C=O) groups excluding carboxylic acids is 1. The Morgan fingerprint density at radius 3 is 2.64 bits per heavy atom. The first-order valence-electron chi connectivity index (χ1n) is 4.15. The Morgan fingerprint density at radius 2 is 2.09 bits per heavy atom. The average Bonchev–Trinajstić information content (AvgIpc) is 1.99. The minimum absolute atomic E-state index is 0.0728. The molecule has 0 aromatic rings. The normalized spacial score (nSPS) is 9.64. The maximum atomic E-state index is 10.8. The molecule has 66 valence electrons. The molecule has 0 spiro atoms. The summed E-state index contributed by atoms with van der Waals surface area (Å²) in [7, 11) is 0. The van der Waals surface area contributed by atoms with Gasteiger partial charge < -0.3 is 10.1 Å². The molecule has 0 aliphatic heterocycles. The van der Waals surface area contributed by atoms with Crippen molar-refractivity contribution in [3.8, 4) is 0 Å². The van der Waals surface area contributed by atoms with Gasteiger partial charge >= 0.3 is 0 Å². The van der Waals surface area contributed by atoms with Crippen LogP contribution in [-0.4, -0.2) is 19.2 Å². The van der Waals surface area contributed by atoms with E-state index in [-0.39, 0.29) is 5.91 Å². The van der Waals surface area contributed by atoms with Gasteiger partial charge in [-0.2, -0.15) is 0 Å². The largest absolute Gasteiger partial charge is 0.361 e. The molecule has 0 atom stereocenters. The highest BCUT2D eigenvalue weighted by molar-refractivity contribution is 5.75. The molecule has 11 heavy (non-hydrogen) atoms. The molecule has 0 saturated heterocycles. The van der Waals surface area contributed by atoms with Crippen LogP contribution in [0, 0.1) is 0 Å². The number of hydrogen-bond donors (Lipinski definition) is 1. The van der Waals surface area contributed by atoms with Crippen LogP contribution in [0.2, 0.25) is 0 Å². The van der Waals surface area contributed by atoms with E-state index in [1.807, 2.05) is 13.8 Å². The molecule has 0 aliphatic rings. The van der Waals surface area contributed by atoms with Crippen molar-refractivity contribution in [1.82, 2.24) is 5.32 Å². The van der Waals surface area contributed by atoms with Crippen LogP contribution < -0.4 is 5.32 Å². The molecule has 0 rings (SSSR count). The number of ether oxygens (including phenoxy) is 1. The van der Waals surface area contributed by atoms with Gasteiger partial charge in [-0.1, -0.05) is 13.8 Å². The predicted molar refractivity (Wildman–Crippen MR) is 44.2 cm³/mol. The van der Waals surface area contributed by atoms with Crippen LogP contribution in [-0.2, 0) is 9.53 Å². The molecular formula is C8H17NO2. The highest BCUT2D eigenvalue weighted by Crippen LogP contribution is 1.85. The Bertz CT molecular complexity index is 104. The minimum Gasteiger partial charge on any atom is -0.361 e. The molecule has 3 heteroatoms. The molecule has 1 N–H and O–H groups in total. The number of carbonyl (C=O) groups is 1. The van der Waals surface area contributed by atoms with Crippen molar-refractivity contribution in [3.63, 3.8) is 0 Å². The summed E-state index contributed by atoms with van der Waals surface area (Å²) in [6, 6.07) is 0. The molecule has 0 unspecified atom stereocenters. The fraction of sp³-hybridized carbons (Fsp3) is 0.875. The quantitative estimate of drug-likeness (QED) is 0.468. The lowest BCUT2D eigenvalue weighted by atomic mass is 10.3. The molecule has 0 radical (unpaired) electrons. The van der Waals surface area contributed by atoms with Crippen molar-refractivity contribution in [3.05, 3.63) is 0 Å². The van der Waals surface area contributed by atoms with Gasteiger partial charge in [0.05, 0.1) is 0 Å². The third-order valence-corrected chi connectivity index (χ3v) is 1.20. The minimum atomic E-state index is 0.0728. The monoisotopic (exact) mass is 159 g/mol. The van der Waals surface area contributed by atoms with Gasteiger partial charge in [-0.3, -0.25) is 4.79 Å². The maximum absolute atomic E-state index is 10.8. The number of amides is 1. The number of nitrogens with one attached hydrogen (secondary N) is 1. The van der Waals surface area contributed by atoms with Crippen molar-refractivity contribution < 1.29 is 9.53 Å². The second-order valence-electron chi connectivity index (χ2n) is 2.40. The van der Waals surface area contributed by atoms with E-state index in [9.17, 15) is 4.79 Å². The summed E-state index contributed by atoms with van der Waals surface area (Å²) in [5.74, 6) is 0.0728. The zero-order valence-electron chi connectivity index (χ0n) is 7.35. The molecule has 0 bridgehead atoms. The van der Waals surface area contributed by atoms with E-state index in [0.29, 0.717) is 19.8 Å². The third-order valence-electron chi connectivity index (χ3n) is 1.20. The second kappa shape index (κ2) is 7.54. The van der Waals surface area contributed by atoms with Gasteiger partial charge in [0.1, 0.15) is 6.73 Å². The molecule has 0 heterocycles. The van der Waals surface area contributed by atoms with Crippen molar-refractivity contribution in [2.24, 2.45) is 0 Å². The summed E-state index contributed by atoms with van der Waals surface area (Å²) in [6.45, 7) is 5.08. The zero-order valence-corrected chi connectivity index (χ0v) is 7.35. The van der Waals surface area contributed by atoms with E-state index >= 15 is 0 Å². The highest BCUT2D eigenvalue weighted by atomic mass is 16.5. The second-order valence-corrected chi connectivity index (χ2v) is 2.40. The Labute approximate surface area is 68.1 Å². The van der Waals surface area contributed by atoms with Crippen molar-refractivity contribution in [1.29, 1.82) is 0 Å². The third kappa shape index (κ3) is 7.33. The van der Waals surface area contributed by atoms with Crippen LogP contribution in [0.3, 0.4) is 0 Å². The smallest absolute Gasteiger partial charge is 0.221 e. The van der Waals surface area contributed by atoms with Crippen molar-refractivity contribution >= 4 is 5.91 Å². The van der Waals surface area contributed by atoms with E-state index in [2.05, 4.69) is 5.32 Å². The number of rotatable bonds is 6. The van der Waals surface area contributed by atoms with Gasteiger partial charge in [-0.25, -0.2) is 0 Å². The molecule has 0 fully saturated rings. The van der Waals surface area contributed by atoms with Crippen LogP contribution in [0.25, 0.3) is 0 Å². The summed E-state index contributed by atoms with van der Waals surface area (Å²) in [4.78, 5) is 10.8. The first kappa shape index (κ1) is 10.4. The lowest BCUT2D eigenvalue weighted by Crippen LogP contribution is -2.25. The van der Waals surface area contributed by atoms with Gasteiger partial charge in [0, 0.05) is 13.0 Å². The average molecular weight is 159 g/mol. The van der Waals surface area contributed by atoms with Crippen LogP contribution >= 0.6 is 0 Å². The molecule has 3 nitrogen and oxygen atoms in total. The topological polar surface area (TPSA) is 38.3 Å². The Balaban J connectivity index is 3.04. The van der Waals surface area contributed by atoms with Crippen molar-refractivity contribution in [2.75, 3.05) is 13.3 Å². The first-order chi connectivity index (χ1) is 5.31. The fourth-order valence-corrected chi connectivity index (χ4v) is 0.663. The van der Waals surface area contributed by atoms with E-state index in [1.165, 1.54) is 0 Å². The van der Waals surface area contributed by atoms with Crippen LogP contribution in [0.4, 0.5) is 0 Å². The molecule has 0 saturated carbocycles. The molecule has 0 aromatic heterocycles. The van der Waals surface area contributed by atoms with Gasteiger partial charge in [0.15, 0.2) is 0 Å². The zero-order chi connectivity index (χ0) is 8.53. The number of hydrogen-bond acceptors (Lipinski definition) is 2. The Hall–Kier alpha value is -0.570. The molecule has 1 amide bonds.